The molecule has 1 aliphatic heterocycles. The average molecular weight is 265 g/mol. The van der Waals surface area contributed by atoms with Crippen molar-refractivity contribution >= 4 is 23.0 Å². The van der Waals surface area contributed by atoms with Crippen LogP contribution in [0.3, 0.4) is 0 Å². The van der Waals surface area contributed by atoms with Gasteiger partial charge in [0.2, 0.25) is 0 Å². The summed E-state index contributed by atoms with van der Waals surface area (Å²) in [7, 11) is 0. The van der Waals surface area contributed by atoms with Crippen molar-refractivity contribution < 1.29 is 0 Å². The van der Waals surface area contributed by atoms with Crippen LogP contribution in [0.2, 0.25) is 0 Å². The van der Waals surface area contributed by atoms with Crippen molar-refractivity contribution in [2.24, 2.45) is 0 Å². The molecular weight excluding hydrogens is 250 g/mol. The third-order valence-electron chi connectivity index (χ3n) is 3.81. The Morgan fingerprint density at radius 2 is 2.15 bits per heavy atom. The number of nitrogens with two attached hydrogens (primary N) is 1. The van der Waals surface area contributed by atoms with Crippen LogP contribution in [-0.2, 0) is 6.42 Å². The van der Waals surface area contributed by atoms with Gasteiger partial charge in [0.05, 0.1) is 6.20 Å². The number of nitrogen functional groups attached to an aromatic ring is 1. The first kappa shape index (κ1) is 11.3. The Labute approximate surface area is 116 Å². The summed E-state index contributed by atoms with van der Waals surface area (Å²) >= 11 is 0. The van der Waals surface area contributed by atoms with Crippen molar-refractivity contribution in [2.45, 2.75) is 19.4 Å². The molecule has 0 fully saturated rings. The van der Waals surface area contributed by atoms with Gasteiger partial charge < -0.3 is 15.0 Å². The van der Waals surface area contributed by atoms with E-state index >= 15 is 0 Å². The van der Waals surface area contributed by atoms with Crippen molar-refractivity contribution in [2.75, 3.05) is 10.6 Å². The first-order valence-corrected chi connectivity index (χ1v) is 6.70. The average Bonchev–Trinajstić information content (AvgIpc) is 3.00. The van der Waals surface area contributed by atoms with E-state index in [0.717, 1.165) is 17.9 Å². The highest BCUT2D eigenvalue weighted by Gasteiger charge is 2.29. The van der Waals surface area contributed by atoms with E-state index < -0.39 is 0 Å². The highest BCUT2D eigenvalue weighted by molar-refractivity contribution is 5.78. The number of imidazole rings is 1. The topological polar surface area (TPSA) is 59.5 Å². The maximum Gasteiger partial charge on any atom is 0.180 e. The fourth-order valence-corrected chi connectivity index (χ4v) is 2.98. The lowest BCUT2D eigenvalue weighted by Crippen LogP contribution is -2.25. The molecule has 5 heteroatoms. The van der Waals surface area contributed by atoms with Gasteiger partial charge in [0.1, 0.15) is 5.82 Å². The van der Waals surface area contributed by atoms with E-state index in [-0.39, 0.29) is 0 Å². The van der Waals surface area contributed by atoms with E-state index in [1.54, 1.807) is 12.4 Å². The fourth-order valence-electron chi connectivity index (χ4n) is 2.98. The smallest absolute Gasteiger partial charge is 0.180 e. The van der Waals surface area contributed by atoms with Crippen molar-refractivity contribution in [3.05, 3.63) is 48.4 Å². The molecule has 20 heavy (non-hydrogen) atoms. The zero-order valence-electron chi connectivity index (χ0n) is 11.2. The van der Waals surface area contributed by atoms with E-state index in [1.165, 1.54) is 11.3 Å². The zero-order valence-corrected chi connectivity index (χ0v) is 11.2. The number of hydrogen-bond donors (Lipinski definition) is 1. The normalized spacial score (nSPS) is 17.6. The molecule has 4 rings (SSSR count). The summed E-state index contributed by atoms with van der Waals surface area (Å²) in [5.41, 5.74) is 9.31. The highest BCUT2D eigenvalue weighted by Crippen LogP contribution is 2.38. The van der Waals surface area contributed by atoms with Crippen LogP contribution in [0, 0.1) is 0 Å². The van der Waals surface area contributed by atoms with Gasteiger partial charge in [-0.2, -0.15) is 0 Å². The molecule has 1 aliphatic rings. The maximum atomic E-state index is 5.93. The summed E-state index contributed by atoms with van der Waals surface area (Å²) in [6.45, 7) is 2.20. The quantitative estimate of drug-likeness (QED) is 0.734. The molecule has 1 aromatic carbocycles. The van der Waals surface area contributed by atoms with Crippen molar-refractivity contribution in [3.8, 4) is 0 Å². The molecule has 0 aliphatic carbocycles. The van der Waals surface area contributed by atoms with Crippen LogP contribution in [0.4, 0.5) is 17.3 Å². The van der Waals surface area contributed by atoms with Gasteiger partial charge in [-0.3, -0.25) is 0 Å². The monoisotopic (exact) mass is 265 g/mol. The number of aromatic nitrogens is 3. The molecule has 0 radical (unpaired) electrons. The maximum absolute atomic E-state index is 5.93. The van der Waals surface area contributed by atoms with Crippen LogP contribution in [0.25, 0.3) is 5.65 Å². The molecule has 1 atom stereocenters. The first-order chi connectivity index (χ1) is 9.74. The van der Waals surface area contributed by atoms with Gasteiger partial charge in [-0.15, -0.1) is 0 Å². The molecule has 0 saturated heterocycles. The third kappa shape index (κ3) is 1.49. The first-order valence-electron chi connectivity index (χ1n) is 6.70. The van der Waals surface area contributed by atoms with Crippen LogP contribution in [0.5, 0.6) is 0 Å². The van der Waals surface area contributed by atoms with Gasteiger partial charge in [0.15, 0.2) is 11.5 Å². The summed E-state index contributed by atoms with van der Waals surface area (Å²) in [6.07, 6.45) is 6.47. The van der Waals surface area contributed by atoms with E-state index in [2.05, 4.69) is 46.1 Å². The lowest BCUT2D eigenvalue weighted by molar-refractivity contribution is 0.750. The SMILES string of the molecule is CC1Cc2ccccc2N1c1nc(N)cn2ccnc12. The van der Waals surface area contributed by atoms with Crippen LogP contribution in [0.15, 0.2) is 42.9 Å². The molecule has 1 unspecified atom stereocenters. The molecular formula is C15H15N5. The Balaban J connectivity index is 1.97. The molecule has 0 amide bonds. The fraction of sp³-hybridized carbons (Fsp3) is 0.200. The van der Waals surface area contributed by atoms with Crippen LogP contribution in [-0.4, -0.2) is 20.4 Å². The van der Waals surface area contributed by atoms with Gasteiger partial charge in [-0.1, -0.05) is 18.2 Å². The van der Waals surface area contributed by atoms with E-state index in [4.69, 9.17) is 5.73 Å². The van der Waals surface area contributed by atoms with Crippen molar-refractivity contribution in [1.82, 2.24) is 14.4 Å². The van der Waals surface area contributed by atoms with Crippen molar-refractivity contribution in [3.63, 3.8) is 0 Å². The van der Waals surface area contributed by atoms with E-state index in [0.29, 0.717) is 11.9 Å². The van der Waals surface area contributed by atoms with Crippen LogP contribution in [0.1, 0.15) is 12.5 Å². The lowest BCUT2D eigenvalue weighted by Gasteiger charge is -2.24. The minimum absolute atomic E-state index is 0.349. The Hall–Kier alpha value is -2.56. The highest BCUT2D eigenvalue weighted by atomic mass is 15.3. The van der Waals surface area contributed by atoms with Crippen LogP contribution >= 0.6 is 0 Å². The molecule has 3 aromatic rings. The van der Waals surface area contributed by atoms with Gasteiger partial charge in [-0.25, -0.2) is 9.97 Å². The summed E-state index contributed by atoms with van der Waals surface area (Å²) in [6, 6.07) is 8.78. The Bertz CT molecular complexity index is 792. The number of rotatable bonds is 1. The second kappa shape index (κ2) is 3.96. The van der Waals surface area contributed by atoms with Gasteiger partial charge >= 0.3 is 0 Å². The zero-order chi connectivity index (χ0) is 13.7. The number of anilines is 3. The Morgan fingerprint density at radius 3 is 3.05 bits per heavy atom. The van der Waals surface area contributed by atoms with Gasteiger partial charge in [0, 0.05) is 24.1 Å². The number of fused-ring (bicyclic) bond motifs is 2. The predicted molar refractivity (Wildman–Crippen MR) is 79.1 cm³/mol. The van der Waals surface area contributed by atoms with Crippen molar-refractivity contribution in [1.29, 1.82) is 0 Å². The predicted octanol–water partition coefficient (Wildman–Crippen LogP) is 2.39. The second-order valence-electron chi connectivity index (χ2n) is 5.20. The van der Waals surface area contributed by atoms with Gasteiger partial charge in [-0.05, 0) is 25.0 Å². The summed E-state index contributed by atoms with van der Waals surface area (Å²) in [5, 5.41) is 0. The molecule has 0 spiro atoms. The van der Waals surface area contributed by atoms with E-state index in [9.17, 15) is 0 Å². The van der Waals surface area contributed by atoms with Gasteiger partial charge in [0.25, 0.3) is 0 Å². The Kier molecular flexibility index (Phi) is 2.24. The number of para-hydroxylation sites is 1. The lowest BCUT2D eigenvalue weighted by atomic mass is 10.1. The number of nitrogens with zero attached hydrogens (tertiary/aromatic N) is 4. The Morgan fingerprint density at radius 1 is 1.30 bits per heavy atom. The standard InChI is InChI=1S/C15H15N5/c1-10-8-11-4-2-3-5-12(11)20(10)15-14-17-6-7-19(14)9-13(16)18-15/h2-7,9-10H,8,16H2,1H3. The second-order valence-corrected chi connectivity index (χ2v) is 5.20. The molecule has 2 aromatic heterocycles. The summed E-state index contributed by atoms with van der Waals surface area (Å²) in [4.78, 5) is 11.2. The van der Waals surface area contributed by atoms with E-state index in [1.807, 2.05) is 10.6 Å². The molecule has 0 saturated carbocycles. The largest absolute Gasteiger partial charge is 0.382 e. The molecule has 5 nitrogen and oxygen atoms in total. The summed E-state index contributed by atoms with van der Waals surface area (Å²) in [5.74, 6) is 1.33. The minimum Gasteiger partial charge on any atom is -0.382 e. The minimum atomic E-state index is 0.349. The molecule has 0 bridgehead atoms. The number of benzene rings is 1. The third-order valence-corrected chi connectivity index (χ3v) is 3.81. The molecule has 2 N–H and O–H groups in total. The summed E-state index contributed by atoms with van der Waals surface area (Å²) < 4.78 is 1.92. The number of hydrogen-bond acceptors (Lipinski definition) is 4. The molecule has 100 valence electrons. The van der Waals surface area contributed by atoms with Crippen LogP contribution < -0.4 is 10.6 Å². The molecule has 3 heterocycles.